The van der Waals surface area contributed by atoms with Crippen molar-refractivity contribution in [2.75, 3.05) is 38.6 Å². The van der Waals surface area contributed by atoms with E-state index in [2.05, 4.69) is 84.0 Å². The van der Waals surface area contributed by atoms with Crippen LogP contribution in [0.3, 0.4) is 0 Å². The fourth-order valence-corrected chi connectivity index (χ4v) is 4.39. The Hall–Kier alpha value is -2.79. The summed E-state index contributed by atoms with van der Waals surface area (Å²) < 4.78 is 0. The topological polar surface area (TPSA) is 51.4 Å². The van der Waals surface area contributed by atoms with Gasteiger partial charge in [-0.3, -0.25) is 4.79 Å². The lowest BCUT2D eigenvalue weighted by Crippen LogP contribution is -2.44. The highest BCUT2D eigenvalue weighted by Crippen LogP contribution is 2.31. The molecule has 30 heavy (non-hydrogen) atoms. The van der Waals surface area contributed by atoms with Gasteiger partial charge in [-0.05, 0) is 49.1 Å². The SMILES string of the molecule is C[C@H](NC[C@H](c1ccc(N(C)C)cc1)c1c[nH]c2ccccc12)C(=O)N1CCCC1. The second-order valence-corrected chi connectivity index (χ2v) is 8.49. The summed E-state index contributed by atoms with van der Waals surface area (Å²) in [5.74, 6) is 0.374. The van der Waals surface area contributed by atoms with Gasteiger partial charge in [-0.15, -0.1) is 0 Å². The Balaban J connectivity index is 1.59. The molecule has 0 aliphatic carbocycles. The molecule has 5 nitrogen and oxygen atoms in total. The van der Waals surface area contributed by atoms with Crippen LogP contribution in [0.15, 0.2) is 54.7 Å². The molecular formula is C25H32N4O. The lowest BCUT2D eigenvalue weighted by molar-refractivity contribution is -0.131. The van der Waals surface area contributed by atoms with Crippen molar-refractivity contribution in [2.24, 2.45) is 0 Å². The van der Waals surface area contributed by atoms with E-state index in [0.29, 0.717) is 6.54 Å². The van der Waals surface area contributed by atoms with Crippen molar-refractivity contribution in [3.8, 4) is 0 Å². The molecule has 4 rings (SSSR count). The zero-order valence-electron chi connectivity index (χ0n) is 18.2. The monoisotopic (exact) mass is 404 g/mol. The van der Waals surface area contributed by atoms with Crippen molar-refractivity contribution in [3.05, 3.63) is 65.9 Å². The number of H-pyrrole nitrogens is 1. The molecule has 2 atom stereocenters. The van der Waals surface area contributed by atoms with E-state index in [1.165, 1.54) is 22.2 Å². The molecule has 0 spiro atoms. The summed E-state index contributed by atoms with van der Waals surface area (Å²) in [5.41, 5.74) is 4.83. The molecule has 1 amide bonds. The molecule has 2 heterocycles. The first-order valence-electron chi connectivity index (χ1n) is 10.9. The van der Waals surface area contributed by atoms with Crippen LogP contribution in [0.25, 0.3) is 10.9 Å². The molecule has 1 aliphatic heterocycles. The summed E-state index contributed by atoms with van der Waals surface area (Å²) in [6, 6.07) is 17.0. The number of aromatic nitrogens is 1. The Bertz CT molecular complexity index is 986. The summed E-state index contributed by atoms with van der Waals surface area (Å²) in [4.78, 5) is 20.3. The van der Waals surface area contributed by atoms with Crippen molar-refractivity contribution in [1.29, 1.82) is 0 Å². The molecular weight excluding hydrogens is 372 g/mol. The van der Waals surface area contributed by atoms with E-state index >= 15 is 0 Å². The minimum absolute atomic E-state index is 0.159. The Morgan fingerprint density at radius 3 is 2.50 bits per heavy atom. The highest BCUT2D eigenvalue weighted by atomic mass is 16.2. The number of hydrogen-bond acceptors (Lipinski definition) is 3. The van der Waals surface area contributed by atoms with Crippen LogP contribution < -0.4 is 10.2 Å². The molecule has 2 N–H and O–H groups in total. The van der Waals surface area contributed by atoms with Crippen LogP contribution in [-0.4, -0.2) is 55.6 Å². The third kappa shape index (κ3) is 4.21. The van der Waals surface area contributed by atoms with Crippen LogP contribution in [0.2, 0.25) is 0 Å². The van der Waals surface area contributed by atoms with Crippen molar-refractivity contribution in [1.82, 2.24) is 15.2 Å². The van der Waals surface area contributed by atoms with Crippen molar-refractivity contribution in [2.45, 2.75) is 31.7 Å². The number of nitrogens with zero attached hydrogens (tertiary/aromatic N) is 2. The minimum atomic E-state index is -0.183. The molecule has 1 aromatic heterocycles. The third-order valence-corrected chi connectivity index (χ3v) is 6.22. The number of fused-ring (bicyclic) bond motifs is 1. The largest absolute Gasteiger partial charge is 0.378 e. The maximum absolute atomic E-state index is 12.8. The average molecular weight is 405 g/mol. The Morgan fingerprint density at radius 2 is 1.80 bits per heavy atom. The van der Waals surface area contributed by atoms with E-state index in [9.17, 15) is 4.79 Å². The van der Waals surface area contributed by atoms with Gasteiger partial charge in [0.15, 0.2) is 0 Å². The molecule has 0 unspecified atom stereocenters. The molecule has 5 heteroatoms. The minimum Gasteiger partial charge on any atom is -0.378 e. The number of amides is 1. The van der Waals surface area contributed by atoms with Gasteiger partial charge in [0, 0.05) is 62.4 Å². The molecule has 2 aromatic carbocycles. The second-order valence-electron chi connectivity index (χ2n) is 8.49. The fourth-order valence-electron chi connectivity index (χ4n) is 4.39. The first-order valence-corrected chi connectivity index (χ1v) is 10.9. The van der Waals surface area contributed by atoms with Crippen LogP contribution in [0.4, 0.5) is 5.69 Å². The van der Waals surface area contributed by atoms with Crippen LogP contribution in [0, 0.1) is 0 Å². The number of benzene rings is 2. The Kier molecular flexibility index (Phi) is 6.09. The van der Waals surface area contributed by atoms with Gasteiger partial charge in [-0.25, -0.2) is 0 Å². The lowest BCUT2D eigenvalue weighted by Gasteiger charge is -2.24. The zero-order valence-corrected chi connectivity index (χ0v) is 18.2. The summed E-state index contributed by atoms with van der Waals surface area (Å²) >= 11 is 0. The van der Waals surface area contributed by atoms with Gasteiger partial charge in [0.1, 0.15) is 0 Å². The number of aromatic amines is 1. The molecule has 1 fully saturated rings. The van der Waals surface area contributed by atoms with Crippen LogP contribution >= 0.6 is 0 Å². The van der Waals surface area contributed by atoms with E-state index in [1.807, 2.05) is 11.8 Å². The first-order chi connectivity index (χ1) is 14.5. The number of carbonyl (C=O) groups excluding carboxylic acids is 1. The summed E-state index contributed by atoms with van der Waals surface area (Å²) in [6.45, 7) is 4.48. The predicted octanol–water partition coefficient (Wildman–Crippen LogP) is 3.97. The standard InChI is InChI=1S/C25H32N4O/c1-18(25(30)29-14-6-7-15-29)26-16-22(19-10-12-20(13-11-19)28(2)3)23-17-27-24-9-5-4-8-21(23)24/h4-5,8-13,17-18,22,26-27H,6-7,14-16H2,1-3H3/t18-,22+/m0/s1. The van der Waals surface area contributed by atoms with Crippen molar-refractivity contribution in [3.63, 3.8) is 0 Å². The second kappa shape index (κ2) is 8.92. The number of anilines is 1. The van der Waals surface area contributed by atoms with Gasteiger partial charge < -0.3 is 20.1 Å². The Morgan fingerprint density at radius 1 is 1.10 bits per heavy atom. The number of likely N-dealkylation sites (tertiary alicyclic amines) is 1. The van der Waals surface area contributed by atoms with Gasteiger partial charge >= 0.3 is 0 Å². The highest BCUT2D eigenvalue weighted by molar-refractivity contribution is 5.84. The van der Waals surface area contributed by atoms with Crippen molar-refractivity contribution < 1.29 is 4.79 Å². The molecule has 0 radical (unpaired) electrons. The maximum Gasteiger partial charge on any atom is 0.239 e. The number of rotatable bonds is 7. The van der Waals surface area contributed by atoms with Crippen LogP contribution in [0.1, 0.15) is 36.8 Å². The third-order valence-electron chi connectivity index (χ3n) is 6.22. The number of carbonyl (C=O) groups is 1. The maximum atomic E-state index is 12.8. The Labute approximate surface area is 179 Å². The van der Waals surface area contributed by atoms with Crippen LogP contribution in [-0.2, 0) is 4.79 Å². The zero-order chi connectivity index (χ0) is 21.1. The molecule has 158 valence electrons. The van der Waals surface area contributed by atoms with E-state index in [1.54, 1.807) is 0 Å². The summed E-state index contributed by atoms with van der Waals surface area (Å²) in [6.07, 6.45) is 4.35. The molecule has 3 aromatic rings. The lowest BCUT2D eigenvalue weighted by atomic mass is 9.90. The van der Waals surface area contributed by atoms with E-state index in [0.717, 1.165) is 31.4 Å². The van der Waals surface area contributed by atoms with Gasteiger partial charge in [0.2, 0.25) is 5.91 Å². The number of hydrogen-bond donors (Lipinski definition) is 2. The predicted molar refractivity (Wildman–Crippen MR) is 124 cm³/mol. The van der Waals surface area contributed by atoms with Gasteiger partial charge in [-0.2, -0.15) is 0 Å². The van der Waals surface area contributed by atoms with Crippen molar-refractivity contribution >= 4 is 22.5 Å². The summed E-state index contributed by atoms with van der Waals surface area (Å²) in [7, 11) is 4.11. The normalized spacial score (nSPS) is 16.0. The molecule has 1 aliphatic rings. The van der Waals surface area contributed by atoms with E-state index in [-0.39, 0.29) is 17.9 Å². The van der Waals surface area contributed by atoms with Crippen LogP contribution in [0.5, 0.6) is 0 Å². The molecule has 0 saturated carbocycles. The first kappa shape index (κ1) is 20.5. The van der Waals surface area contributed by atoms with Gasteiger partial charge in [0.25, 0.3) is 0 Å². The van der Waals surface area contributed by atoms with E-state index in [4.69, 9.17) is 0 Å². The number of para-hydroxylation sites is 1. The molecule has 1 saturated heterocycles. The average Bonchev–Trinajstić information content (AvgIpc) is 3.44. The fraction of sp³-hybridized carbons (Fsp3) is 0.400. The van der Waals surface area contributed by atoms with E-state index < -0.39 is 0 Å². The van der Waals surface area contributed by atoms with Gasteiger partial charge in [-0.1, -0.05) is 30.3 Å². The smallest absolute Gasteiger partial charge is 0.239 e. The quantitative estimate of drug-likeness (QED) is 0.627. The molecule has 0 bridgehead atoms. The summed E-state index contributed by atoms with van der Waals surface area (Å²) in [5, 5.41) is 4.77. The number of nitrogens with one attached hydrogen (secondary N) is 2. The van der Waals surface area contributed by atoms with Gasteiger partial charge in [0.05, 0.1) is 6.04 Å². The highest BCUT2D eigenvalue weighted by Gasteiger charge is 2.25.